The van der Waals surface area contributed by atoms with Crippen LogP contribution in [0.15, 0.2) is 95.0 Å². The molecule has 0 atom stereocenters. The van der Waals surface area contributed by atoms with Crippen molar-refractivity contribution in [3.63, 3.8) is 0 Å². The van der Waals surface area contributed by atoms with E-state index in [4.69, 9.17) is 14.2 Å². The number of nitrogens with zero attached hydrogens (tertiary/aromatic N) is 2. The number of carboxylic acid groups (broad SMARTS) is 1. The highest BCUT2D eigenvalue weighted by Gasteiger charge is 2.15. The molecule has 0 unspecified atom stereocenters. The number of aromatic amines is 1. The quantitative estimate of drug-likeness (QED) is 0.154. The van der Waals surface area contributed by atoms with Gasteiger partial charge in [-0.1, -0.05) is 54.6 Å². The highest BCUT2D eigenvalue weighted by Crippen LogP contribution is 2.31. The van der Waals surface area contributed by atoms with Gasteiger partial charge < -0.3 is 19.3 Å². The number of hydrogen-bond acceptors (Lipinski definition) is 7. The summed E-state index contributed by atoms with van der Waals surface area (Å²) in [4.78, 5) is 16.6. The van der Waals surface area contributed by atoms with E-state index in [-0.39, 0.29) is 10.1 Å². The molecule has 0 fully saturated rings. The van der Waals surface area contributed by atoms with E-state index in [1.54, 1.807) is 44.6 Å². The first-order valence-electron chi connectivity index (χ1n) is 12.0. The second-order valence-electron chi connectivity index (χ2n) is 8.48. The van der Waals surface area contributed by atoms with Gasteiger partial charge in [-0.25, -0.2) is 9.78 Å². The monoisotopic (exact) mass is 539 g/mol. The average molecular weight is 540 g/mol. The molecular formula is C30H25N3O5S. The summed E-state index contributed by atoms with van der Waals surface area (Å²) >= 11 is 0.949. The number of carbonyl (C=O) groups is 1. The molecule has 0 aliphatic rings. The predicted molar refractivity (Wildman–Crippen MR) is 151 cm³/mol. The maximum atomic E-state index is 12.1. The lowest BCUT2D eigenvalue weighted by Crippen LogP contribution is -1.98. The van der Waals surface area contributed by atoms with E-state index in [0.717, 1.165) is 28.1 Å². The van der Waals surface area contributed by atoms with Gasteiger partial charge in [-0.15, -0.1) is 5.10 Å². The van der Waals surface area contributed by atoms with Crippen molar-refractivity contribution in [1.29, 1.82) is 0 Å². The summed E-state index contributed by atoms with van der Waals surface area (Å²) in [7, 11) is 3.13. The minimum absolute atomic E-state index is 0.0648. The number of rotatable bonds is 10. The van der Waals surface area contributed by atoms with Crippen molar-refractivity contribution in [2.45, 2.75) is 11.8 Å². The molecule has 2 N–H and O–H groups in total. The molecule has 0 amide bonds. The molecule has 5 aromatic rings. The van der Waals surface area contributed by atoms with Crippen LogP contribution in [0.25, 0.3) is 28.2 Å². The van der Waals surface area contributed by atoms with Gasteiger partial charge in [-0.3, -0.25) is 5.10 Å². The molecule has 0 saturated heterocycles. The van der Waals surface area contributed by atoms with E-state index >= 15 is 0 Å². The lowest BCUT2D eigenvalue weighted by atomic mass is 10.1. The van der Waals surface area contributed by atoms with Crippen molar-refractivity contribution in [2.75, 3.05) is 14.2 Å². The van der Waals surface area contributed by atoms with Crippen molar-refractivity contribution in [3.05, 3.63) is 101 Å². The summed E-state index contributed by atoms with van der Waals surface area (Å²) in [5.41, 5.74) is 2.45. The van der Waals surface area contributed by atoms with Crippen molar-refractivity contribution < 1.29 is 24.1 Å². The van der Waals surface area contributed by atoms with Crippen LogP contribution in [0.3, 0.4) is 0 Å². The zero-order valence-corrected chi connectivity index (χ0v) is 22.1. The summed E-state index contributed by atoms with van der Waals surface area (Å²) in [5.74, 6) is 1.21. The molecule has 0 radical (unpaired) electrons. The van der Waals surface area contributed by atoms with Gasteiger partial charge in [0.2, 0.25) is 5.16 Å². The molecule has 4 aromatic carbocycles. The highest BCUT2D eigenvalue weighted by atomic mass is 32.2. The lowest BCUT2D eigenvalue weighted by Gasteiger charge is -2.10. The fraction of sp³-hybridized carbons (Fsp3) is 0.100. The SMILES string of the molecule is COc1cc(OC)cc(-c2nc(S/C(=C\c3cccc(OCc4cccc5ccccc45)c3)C(=O)O)n[nH]2)c1. The van der Waals surface area contributed by atoms with E-state index in [1.807, 2.05) is 42.5 Å². The Bertz CT molecular complexity index is 1640. The molecular weight excluding hydrogens is 514 g/mol. The summed E-state index contributed by atoms with van der Waals surface area (Å²) in [5, 5.41) is 19.5. The fourth-order valence-corrected chi connectivity index (χ4v) is 4.73. The van der Waals surface area contributed by atoms with Crippen LogP contribution in [-0.4, -0.2) is 40.5 Å². The first-order valence-corrected chi connectivity index (χ1v) is 12.8. The molecule has 0 spiro atoms. The normalized spacial score (nSPS) is 11.4. The molecule has 0 bridgehead atoms. The van der Waals surface area contributed by atoms with Gasteiger partial charge in [0.25, 0.3) is 0 Å². The molecule has 5 rings (SSSR count). The van der Waals surface area contributed by atoms with Gasteiger partial charge in [0.1, 0.15) is 28.8 Å². The second kappa shape index (κ2) is 11.7. The number of carboxylic acids is 1. The van der Waals surface area contributed by atoms with Crippen molar-refractivity contribution >= 4 is 34.6 Å². The Kier molecular flexibility index (Phi) is 7.79. The molecule has 0 aliphatic heterocycles. The van der Waals surface area contributed by atoms with Gasteiger partial charge in [0, 0.05) is 11.6 Å². The first-order chi connectivity index (χ1) is 19.0. The molecule has 0 saturated carbocycles. The number of fused-ring (bicyclic) bond motifs is 1. The Balaban J connectivity index is 1.33. The summed E-state index contributed by atoms with van der Waals surface area (Å²) < 4.78 is 16.7. The number of benzene rings is 4. The standard InChI is InChI=1S/C30H25N3O5S/c1-36-24-15-22(16-25(17-24)37-2)28-31-30(33-32-28)39-27(29(34)35)14-19-7-5-11-23(13-19)38-18-21-10-6-9-20-8-3-4-12-26(20)21/h3-17H,18H2,1-2H3,(H,34,35)(H,31,32,33)/b27-14-. The maximum absolute atomic E-state index is 12.1. The van der Waals surface area contributed by atoms with Crippen LogP contribution < -0.4 is 14.2 Å². The number of ether oxygens (including phenoxy) is 3. The zero-order valence-electron chi connectivity index (χ0n) is 21.3. The van der Waals surface area contributed by atoms with Gasteiger partial charge >= 0.3 is 5.97 Å². The molecule has 9 heteroatoms. The van der Waals surface area contributed by atoms with E-state index in [9.17, 15) is 9.90 Å². The third-order valence-corrected chi connectivity index (χ3v) is 6.81. The number of hydrogen-bond donors (Lipinski definition) is 2. The number of methoxy groups -OCH3 is 2. The van der Waals surface area contributed by atoms with Gasteiger partial charge in [-0.05, 0) is 64.0 Å². The second-order valence-corrected chi connectivity index (χ2v) is 9.49. The molecule has 8 nitrogen and oxygen atoms in total. The van der Waals surface area contributed by atoms with Crippen molar-refractivity contribution in [1.82, 2.24) is 15.2 Å². The van der Waals surface area contributed by atoms with Crippen LogP contribution >= 0.6 is 11.8 Å². The number of aliphatic carboxylic acids is 1. The topological polar surface area (TPSA) is 107 Å². The smallest absolute Gasteiger partial charge is 0.342 e. The van der Waals surface area contributed by atoms with E-state index < -0.39 is 5.97 Å². The summed E-state index contributed by atoms with van der Waals surface area (Å²) in [6.45, 7) is 0.393. The number of nitrogens with one attached hydrogen (secondary N) is 1. The Labute approximate surface area is 229 Å². The van der Waals surface area contributed by atoms with Crippen LogP contribution in [0.2, 0.25) is 0 Å². The van der Waals surface area contributed by atoms with E-state index in [2.05, 4.69) is 33.4 Å². The van der Waals surface area contributed by atoms with E-state index in [1.165, 1.54) is 0 Å². The van der Waals surface area contributed by atoms with Crippen LogP contribution in [0, 0.1) is 0 Å². The first kappa shape index (κ1) is 25.9. The molecule has 1 heterocycles. The summed E-state index contributed by atoms with van der Waals surface area (Å²) in [6, 6.07) is 26.9. The third kappa shape index (κ3) is 6.22. The van der Waals surface area contributed by atoms with E-state index in [0.29, 0.717) is 40.8 Å². The Morgan fingerprint density at radius 1 is 0.923 bits per heavy atom. The average Bonchev–Trinajstić information content (AvgIpc) is 3.44. The molecule has 196 valence electrons. The fourth-order valence-electron chi connectivity index (χ4n) is 4.02. The van der Waals surface area contributed by atoms with Crippen molar-refractivity contribution in [2.24, 2.45) is 0 Å². The van der Waals surface area contributed by atoms with Crippen LogP contribution in [-0.2, 0) is 11.4 Å². The highest BCUT2D eigenvalue weighted by molar-refractivity contribution is 8.04. The zero-order chi connectivity index (χ0) is 27.2. The Hall–Kier alpha value is -4.76. The van der Waals surface area contributed by atoms with Gasteiger partial charge in [0.05, 0.1) is 14.2 Å². The van der Waals surface area contributed by atoms with Gasteiger partial charge in [0.15, 0.2) is 5.82 Å². The molecule has 1 aromatic heterocycles. The van der Waals surface area contributed by atoms with Crippen molar-refractivity contribution in [3.8, 4) is 28.6 Å². The number of aromatic nitrogens is 3. The third-order valence-electron chi connectivity index (χ3n) is 5.93. The maximum Gasteiger partial charge on any atom is 0.342 e. The lowest BCUT2D eigenvalue weighted by molar-refractivity contribution is -0.131. The number of thioether (sulfide) groups is 1. The van der Waals surface area contributed by atoms with Crippen LogP contribution in [0.1, 0.15) is 11.1 Å². The molecule has 0 aliphatic carbocycles. The predicted octanol–water partition coefficient (Wildman–Crippen LogP) is 6.44. The Morgan fingerprint density at radius 2 is 1.67 bits per heavy atom. The van der Waals surface area contributed by atoms with Gasteiger partial charge in [-0.2, -0.15) is 0 Å². The molecule has 39 heavy (non-hydrogen) atoms. The Morgan fingerprint density at radius 3 is 2.44 bits per heavy atom. The minimum Gasteiger partial charge on any atom is -0.497 e. The van der Waals surface area contributed by atoms with Crippen LogP contribution in [0.5, 0.6) is 17.2 Å². The number of H-pyrrole nitrogens is 1. The largest absolute Gasteiger partial charge is 0.497 e. The van der Waals surface area contributed by atoms with Crippen LogP contribution in [0.4, 0.5) is 0 Å². The summed E-state index contributed by atoms with van der Waals surface area (Å²) in [6.07, 6.45) is 1.57. The minimum atomic E-state index is -1.09.